The number of rotatable bonds is 4. The number of hydrogen-bond acceptors (Lipinski definition) is 4. The van der Waals surface area contributed by atoms with Crippen molar-refractivity contribution in [3.05, 3.63) is 41.2 Å². The number of benzene rings is 1. The molecule has 18 heavy (non-hydrogen) atoms. The van der Waals surface area contributed by atoms with Crippen LogP contribution >= 0.6 is 0 Å². The zero-order chi connectivity index (χ0) is 13.1. The maximum atomic E-state index is 11.3. The summed E-state index contributed by atoms with van der Waals surface area (Å²) in [5.74, 6) is 0.756. The number of nitrogens with zero attached hydrogens (tertiary/aromatic N) is 3. The van der Waals surface area contributed by atoms with Crippen molar-refractivity contribution >= 4 is 5.78 Å². The molecule has 0 saturated carbocycles. The van der Waals surface area contributed by atoms with E-state index in [0.717, 1.165) is 17.0 Å². The number of carbonyl (C=O) groups excluding carboxylic acids is 1. The van der Waals surface area contributed by atoms with Crippen molar-refractivity contribution < 1.29 is 9.53 Å². The zero-order valence-electron chi connectivity index (χ0n) is 10.7. The SMILES string of the molecule is COc1ccc(Cn2nnc(C(C)=O)c2C)cc1. The van der Waals surface area contributed by atoms with Crippen molar-refractivity contribution in [2.45, 2.75) is 20.4 Å². The molecule has 94 valence electrons. The largest absolute Gasteiger partial charge is 0.497 e. The summed E-state index contributed by atoms with van der Waals surface area (Å²) >= 11 is 0. The highest BCUT2D eigenvalue weighted by Crippen LogP contribution is 2.13. The molecule has 2 aromatic rings. The van der Waals surface area contributed by atoms with Gasteiger partial charge in [0.1, 0.15) is 5.75 Å². The van der Waals surface area contributed by atoms with Crippen LogP contribution in [-0.4, -0.2) is 27.9 Å². The molecule has 1 aromatic carbocycles. The predicted molar refractivity (Wildman–Crippen MR) is 66.9 cm³/mol. The number of carbonyl (C=O) groups is 1. The average Bonchev–Trinajstić information content (AvgIpc) is 2.72. The van der Waals surface area contributed by atoms with E-state index in [1.54, 1.807) is 11.8 Å². The van der Waals surface area contributed by atoms with E-state index in [4.69, 9.17) is 4.74 Å². The van der Waals surface area contributed by atoms with Gasteiger partial charge in [0.15, 0.2) is 11.5 Å². The van der Waals surface area contributed by atoms with E-state index in [2.05, 4.69) is 10.3 Å². The Hall–Kier alpha value is -2.17. The van der Waals surface area contributed by atoms with Gasteiger partial charge in [-0.15, -0.1) is 5.10 Å². The lowest BCUT2D eigenvalue weighted by molar-refractivity contribution is 0.101. The third-order valence-electron chi connectivity index (χ3n) is 2.81. The molecule has 0 N–H and O–H groups in total. The van der Waals surface area contributed by atoms with E-state index < -0.39 is 0 Å². The van der Waals surface area contributed by atoms with Crippen molar-refractivity contribution in [2.24, 2.45) is 0 Å². The monoisotopic (exact) mass is 245 g/mol. The molecule has 0 atom stereocenters. The fourth-order valence-corrected chi connectivity index (χ4v) is 1.74. The Morgan fingerprint density at radius 3 is 2.50 bits per heavy atom. The maximum absolute atomic E-state index is 11.3. The lowest BCUT2D eigenvalue weighted by Gasteiger charge is -2.05. The fourth-order valence-electron chi connectivity index (χ4n) is 1.74. The highest BCUT2D eigenvalue weighted by Gasteiger charge is 2.12. The molecule has 0 spiro atoms. The van der Waals surface area contributed by atoms with Gasteiger partial charge in [-0.2, -0.15) is 0 Å². The van der Waals surface area contributed by atoms with Gasteiger partial charge in [-0.25, -0.2) is 4.68 Å². The molecular weight excluding hydrogens is 230 g/mol. The summed E-state index contributed by atoms with van der Waals surface area (Å²) in [4.78, 5) is 11.3. The zero-order valence-corrected chi connectivity index (χ0v) is 10.7. The van der Waals surface area contributed by atoms with Gasteiger partial charge in [0, 0.05) is 6.92 Å². The molecule has 5 nitrogen and oxygen atoms in total. The molecule has 0 saturated heterocycles. The van der Waals surface area contributed by atoms with E-state index >= 15 is 0 Å². The van der Waals surface area contributed by atoms with Crippen LogP contribution in [0.2, 0.25) is 0 Å². The van der Waals surface area contributed by atoms with E-state index in [1.165, 1.54) is 6.92 Å². The van der Waals surface area contributed by atoms with Crippen LogP contribution in [0.15, 0.2) is 24.3 Å². The number of Topliss-reactive ketones (excluding diaryl/α,β-unsaturated/α-hetero) is 1. The molecule has 0 fully saturated rings. The van der Waals surface area contributed by atoms with Crippen LogP contribution in [0.4, 0.5) is 0 Å². The summed E-state index contributed by atoms with van der Waals surface area (Å²) in [6.45, 7) is 3.94. The van der Waals surface area contributed by atoms with Gasteiger partial charge in [0.2, 0.25) is 0 Å². The minimum absolute atomic E-state index is 0.0616. The van der Waals surface area contributed by atoms with E-state index in [0.29, 0.717) is 12.2 Å². The van der Waals surface area contributed by atoms with Gasteiger partial charge in [0.25, 0.3) is 0 Å². The topological polar surface area (TPSA) is 57.0 Å². The van der Waals surface area contributed by atoms with Crippen molar-refractivity contribution in [3.8, 4) is 5.75 Å². The summed E-state index contributed by atoms with van der Waals surface area (Å²) in [7, 11) is 1.63. The molecule has 0 radical (unpaired) electrons. The van der Waals surface area contributed by atoms with E-state index in [9.17, 15) is 4.79 Å². The van der Waals surface area contributed by atoms with E-state index in [1.807, 2.05) is 31.2 Å². The Bertz CT molecular complexity index is 558. The average molecular weight is 245 g/mol. The first-order valence-corrected chi connectivity index (χ1v) is 5.65. The first-order valence-electron chi connectivity index (χ1n) is 5.65. The fraction of sp³-hybridized carbons (Fsp3) is 0.308. The lowest BCUT2D eigenvalue weighted by atomic mass is 10.2. The number of ether oxygens (including phenoxy) is 1. The molecular formula is C13H15N3O2. The van der Waals surface area contributed by atoms with Crippen molar-refractivity contribution in [2.75, 3.05) is 7.11 Å². The summed E-state index contributed by atoms with van der Waals surface area (Å²) in [6, 6.07) is 7.72. The molecule has 0 aliphatic rings. The van der Waals surface area contributed by atoms with Crippen LogP contribution in [-0.2, 0) is 6.54 Å². The van der Waals surface area contributed by atoms with Crippen LogP contribution in [0.3, 0.4) is 0 Å². The quantitative estimate of drug-likeness (QED) is 0.771. The summed E-state index contributed by atoms with van der Waals surface area (Å²) in [5.41, 5.74) is 2.31. The first kappa shape index (κ1) is 12.3. The van der Waals surface area contributed by atoms with Crippen LogP contribution in [0.1, 0.15) is 28.7 Å². The molecule has 1 heterocycles. The van der Waals surface area contributed by atoms with Crippen LogP contribution < -0.4 is 4.74 Å². The van der Waals surface area contributed by atoms with Crippen LogP contribution in [0.5, 0.6) is 5.75 Å². The molecule has 0 unspecified atom stereocenters. The standard InChI is InChI=1S/C13H15N3O2/c1-9-13(10(2)17)14-15-16(9)8-11-4-6-12(18-3)7-5-11/h4-7H,8H2,1-3H3. The first-order chi connectivity index (χ1) is 8.61. The van der Waals surface area contributed by atoms with Crippen molar-refractivity contribution in [1.29, 1.82) is 0 Å². The Labute approximate surface area is 105 Å². The third-order valence-corrected chi connectivity index (χ3v) is 2.81. The van der Waals surface area contributed by atoms with Gasteiger partial charge >= 0.3 is 0 Å². The molecule has 1 aromatic heterocycles. The number of methoxy groups -OCH3 is 1. The third kappa shape index (κ3) is 2.40. The Morgan fingerprint density at radius 1 is 1.33 bits per heavy atom. The highest BCUT2D eigenvalue weighted by atomic mass is 16.5. The molecule has 5 heteroatoms. The summed E-state index contributed by atoms with van der Waals surface area (Å²) in [6.07, 6.45) is 0. The molecule has 2 rings (SSSR count). The summed E-state index contributed by atoms with van der Waals surface area (Å²) < 4.78 is 6.82. The van der Waals surface area contributed by atoms with Gasteiger partial charge < -0.3 is 4.74 Å². The maximum Gasteiger partial charge on any atom is 0.181 e. The van der Waals surface area contributed by atoms with Gasteiger partial charge in [-0.05, 0) is 24.6 Å². The minimum atomic E-state index is -0.0616. The van der Waals surface area contributed by atoms with Crippen LogP contribution in [0, 0.1) is 6.92 Å². The lowest BCUT2D eigenvalue weighted by Crippen LogP contribution is -2.05. The predicted octanol–water partition coefficient (Wildman–Crippen LogP) is 1.85. The Balaban J connectivity index is 2.20. The molecule has 0 bridgehead atoms. The van der Waals surface area contributed by atoms with Gasteiger partial charge in [-0.1, -0.05) is 17.3 Å². The van der Waals surface area contributed by atoms with E-state index in [-0.39, 0.29) is 5.78 Å². The Kier molecular flexibility index (Phi) is 3.41. The number of aromatic nitrogens is 3. The Morgan fingerprint density at radius 2 is 2.00 bits per heavy atom. The number of ketones is 1. The second-order valence-electron chi connectivity index (χ2n) is 4.09. The molecule has 0 amide bonds. The molecule has 0 aliphatic heterocycles. The van der Waals surface area contributed by atoms with Gasteiger partial charge in [0.05, 0.1) is 19.3 Å². The minimum Gasteiger partial charge on any atom is -0.497 e. The normalized spacial score (nSPS) is 10.4. The highest BCUT2D eigenvalue weighted by molar-refractivity contribution is 5.92. The molecule has 0 aliphatic carbocycles. The van der Waals surface area contributed by atoms with Crippen molar-refractivity contribution in [1.82, 2.24) is 15.0 Å². The number of hydrogen-bond donors (Lipinski definition) is 0. The smallest absolute Gasteiger partial charge is 0.181 e. The van der Waals surface area contributed by atoms with Crippen LogP contribution in [0.25, 0.3) is 0 Å². The van der Waals surface area contributed by atoms with Crippen molar-refractivity contribution in [3.63, 3.8) is 0 Å². The second-order valence-corrected chi connectivity index (χ2v) is 4.09. The van der Waals surface area contributed by atoms with Gasteiger partial charge in [-0.3, -0.25) is 4.79 Å². The summed E-state index contributed by atoms with van der Waals surface area (Å²) in [5, 5.41) is 7.87. The second kappa shape index (κ2) is 5.00.